The molecule has 1 nitrogen and oxygen atoms in total. The van der Waals surface area contributed by atoms with Crippen molar-refractivity contribution in [3.63, 3.8) is 0 Å². The molecule has 2 aliphatic rings. The average molecular weight is 240 g/mol. The van der Waals surface area contributed by atoms with Crippen LogP contribution < -0.4 is 5.73 Å². The molecule has 0 aliphatic heterocycles. The summed E-state index contributed by atoms with van der Waals surface area (Å²) in [5, 5.41) is 0.596. The molecule has 0 radical (unpaired) electrons. The molecule has 3 unspecified atom stereocenters. The highest BCUT2D eigenvalue weighted by atomic mass is 35.5. The number of nitrogens with two attached hydrogens (primary N) is 1. The van der Waals surface area contributed by atoms with E-state index >= 15 is 0 Å². The van der Waals surface area contributed by atoms with Crippen molar-refractivity contribution in [2.75, 3.05) is 0 Å². The molecule has 0 heterocycles. The predicted octanol–water partition coefficient (Wildman–Crippen LogP) is 3.53. The van der Waals surface area contributed by atoms with Gasteiger partial charge in [0.1, 0.15) is 5.82 Å². The first-order valence-corrected chi connectivity index (χ1v) is 6.27. The fourth-order valence-electron chi connectivity index (χ4n) is 3.39. The topological polar surface area (TPSA) is 26.0 Å². The maximum atomic E-state index is 13.2. The van der Waals surface area contributed by atoms with Gasteiger partial charge >= 0.3 is 0 Å². The van der Waals surface area contributed by atoms with Crippen molar-refractivity contribution >= 4 is 11.6 Å². The van der Waals surface area contributed by atoms with Crippen LogP contribution in [-0.2, 0) is 0 Å². The molecule has 2 aliphatic carbocycles. The van der Waals surface area contributed by atoms with Crippen LogP contribution in [0.25, 0.3) is 0 Å². The molecule has 2 fully saturated rings. The smallest absolute Gasteiger partial charge is 0.123 e. The Morgan fingerprint density at radius 3 is 2.69 bits per heavy atom. The average Bonchev–Trinajstić information content (AvgIpc) is 2.74. The minimum absolute atomic E-state index is 0.0847. The Hall–Kier alpha value is -0.600. The van der Waals surface area contributed by atoms with E-state index in [1.54, 1.807) is 6.07 Å². The first kappa shape index (κ1) is 10.5. The molecule has 1 aromatic rings. The minimum Gasteiger partial charge on any atom is -0.324 e. The van der Waals surface area contributed by atoms with Gasteiger partial charge in [0.2, 0.25) is 0 Å². The van der Waals surface area contributed by atoms with Gasteiger partial charge in [-0.25, -0.2) is 4.39 Å². The van der Waals surface area contributed by atoms with Gasteiger partial charge in [-0.1, -0.05) is 18.0 Å². The standard InChI is InChI=1S/C13H15ClFN/c14-11-5-4-7(15)6-10(11)13(16)12-8-2-1-3-9(8)12/h4-6,8-9,12-13H,1-3,16H2. The monoisotopic (exact) mass is 239 g/mol. The Labute approximate surface area is 99.8 Å². The van der Waals surface area contributed by atoms with Gasteiger partial charge < -0.3 is 5.73 Å². The Morgan fingerprint density at radius 2 is 2.00 bits per heavy atom. The fraction of sp³-hybridized carbons (Fsp3) is 0.538. The Kier molecular flexibility index (Phi) is 2.45. The molecule has 16 heavy (non-hydrogen) atoms. The Balaban J connectivity index is 1.84. The van der Waals surface area contributed by atoms with Gasteiger partial charge in [0.05, 0.1) is 0 Å². The summed E-state index contributed by atoms with van der Waals surface area (Å²) in [6, 6.07) is 4.39. The van der Waals surface area contributed by atoms with Crippen molar-refractivity contribution in [2.24, 2.45) is 23.5 Å². The molecule has 0 saturated heterocycles. The van der Waals surface area contributed by atoms with E-state index in [0.29, 0.717) is 10.9 Å². The lowest BCUT2D eigenvalue weighted by Gasteiger charge is -2.15. The van der Waals surface area contributed by atoms with E-state index < -0.39 is 0 Å². The van der Waals surface area contributed by atoms with E-state index in [1.165, 1.54) is 31.4 Å². The number of hydrogen-bond acceptors (Lipinski definition) is 1. The van der Waals surface area contributed by atoms with Crippen molar-refractivity contribution in [3.05, 3.63) is 34.6 Å². The number of fused-ring (bicyclic) bond motifs is 1. The molecule has 1 aromatic carbocycles. The van der Waals surface area contributed by atoms with E-state index in [9.17, 15) is 4.39 Å². The Morgan fingerprint density at radius 1 is 1.31 bits per heavy atom. The maximum Gasteiger partial charge on any atom is 0.123 e. The summed E-state index contributed by atoms with van der Waals surface area (Å²) in [6.07, 6.45) is 3.90. The summed E-state index contributed by atoms with van der Waals surface area (Å²) in [4.78, 5) is 0. The van der Waals surface area contributed by atoms with Crippen molar-refractivity contribution in [1.82, 2.24) is 0 Å². The van der Waals surface area contributed by atoms with Gasteiger partial charge in [-0.2, -0.15) is 0 Å². The summed E-state index contributed by atoms with van der Waals surface area (Å²) >= 11 is 6.07. The molecule has 3 heteroatoms. The number of halogens is 2. The summed E-state index contributed by atoms with van der Waals surface area (Å²) < 4.78 is 13.2. The van der Waals surface area contributed by atoms with Crippen LogP contribution >= 0.6 is 11.6 Å². The third kappa shape index (κ3) is 1.56. The fourth-order valence-corrected chi connectivity index (χ4v) is 3.63. The van der Waals surface area contributed by atoms with Gasteiger partial charge in [-0.15, -0.1) is 0 Å². The van der Waals surface area contributed by atoms with Crippen LogP contribution in [0.2, 0.25) is 5.02 Å². The van der Waals surface area contributed by atoms with Gasteiger partial charge in [0.15, 0.2) is 0 Å². The van der Waals surface area contributed by atoms with Crippen LogP contribution in [0.15, 0.2) is 18.2 Å². The van der Waals surface area contributed by atoms with Gasteiger partial charge in [0, 0.05) is 11.1 Å². The van der Waals surface area contributed by atoms with Crippen LogP contribution in [-0.4, -0.2) is 0 Å². The predicted molar refractivity (Wildman–Crippen MR) is 62.7 cm³/mol. The molecule has 3 atom stereocenters. The molecule has 0 spiro atoms. The molecule has 0 aromatic heterocycles. The lowest BCUT2D eigenvalue weighted by Crippen LogP contribution is -2.16. The highest BCUT2D eigenvalue weighted by Crippen LogP contribution is 2.61. The molecule has 0 bridgehead atoms. The zero-order chi connectivity index (χ0) is 11.3. The van der Waals surface area contributed by atoms with E-state index in [1.807, 2.05) is 0 Å². The Bertz CT molecular complexity index is 410. The maximum absolute atomic E-state index is 13.2. The lowest BCUT2D eigenvalue weighted by molar-refractivity contribution is 0.499. The molecule has 3 rings (SSSR count). The van der Waals surface area contributed by atoms with Crippen molar-refractivity contribution < 1.29 is 4.39 Å². The van der Waals surface area contributed by atoms with Gasteiger partial charge in [0.25, 0.3) is 0 Å². The first-order chi connectivity index (χ1) is 7.68. The van der Waals surface area contributed by atoms with Crippen LogP contribution in [0.4, 0.5) is 4.39 Å². The number of hydrogen-bond donors (Lipinski definition) is 1. The van der Waals surface area contributed by atoms with Crippen molar-refractivity contribution in [1.29, 1.82) is 0 Å². The zero-order valence-electron chi connectivity index (χ0n) is 9.00. The molecule has 86 valence electrons. The molecular weight excluding hydrogens is 225 g/mol. The third-order valence-corrected chi connectivity index (χ3v) is 4.55. The minimum atomic E-state index is -0.249. The highest BCUT2D eigenvalue weighted by Gasteiger charge is 2.55. The summed E-state index contributed by atoms with van der Waals surface area (Å²) in [5.41, 5.74) is 6.99. The van der Waals surface area contributed by atoms with E-state index in [-0.39, 0.29) is 11.9 Å². The molecular formula is C13H15ClFN. The second kappa shape index (κ2) is 3.71. The van der Waals surface area contributed by atoms with Crippen LogP contribution in [0.3, 0.4) is 0 Å². The van der Waals surface area contributed by atoms with Crippen LogP contribution in [0.1, 0.15) is 30.9 Å². The molecule has 2 saturated carbocycles. The quantitative estimate of drug-likeness (QED) is 0.840. The largest absolute Gasteiger partial charge is 0.324 e. The van der Waals surface area contributed by atoms with Crippen LogP contribution in [0.5, 0.6) is 0 Å². The SMILES string of the molecule is NC(c1cc(F)ccc1Cl)C1C2CCCC21. The summed E-state index contributed by atoms with van der Waals surface area (Å²) in [5.74, 6) is 1.83. The number of rotatable bonds is 2. The number of benzene rings is 1. The van der Waals surface area contributed by atoms with Crippen molar-refractivity contribution in [3.8, 4) is 0 Å². The summed E-state index contributed by atoms with van der Waals surface area (Å²) in [7, 11) is 0. The molecule has 2 N–H and O–H groups in total. The normalized spacial score (nSPS) is 33.6. The lowest BCUT2D eigenvalue weighted by atomic mass is 9.97. The second-order valence-electron chi connectivity index (χ2n) is 5.03. The molecule has 0 amide bonds. The van der Waals surface area contributed by atoms with E-state index in [0.717, 1.165) is 17.4 Å². The van der Waals surface area contributed by atoms with Gasteiger partial charge in [-0.3, -0.25) is 0 Å². The second-order valence-corrected chi connectivity index (χ2v) is 5.43. The van der Waals surface area contributed by atoms with E-state index in [4.69, 9.17) is 17.3 Å². The first-order valence-electron chi connectivity index (χ1n) is 5.89. The van der Waals surface area contributed by atoms with Crippen molar-refractivity contribution in [2.45, 2.75) is 25.3 Å². The van der Waals surface area contributed by atoms with E-state index in [2.05, 4.69) is 0 Å². The highest BCUT2D eigenvalue weighted by molar-refractivity contribution is 6.31. The van der Waals surface area contributed by atoms with Crippen LogP contribution in [0, 0.1) is 23.6 Å². The van der Waals surface area contributed by atoms with Gasteiger partial charge in [-0.05, 0) is 54.4 Å². The summed E-state index contributed by atoms with van der Waals surface area (Å²) in [6.45, 7) is 0. The zero-order valence-corrected chi connectivity index (χ0v) is 9.75. The third-order valence-electron chi connectivity index (χ3n) is 4.20.